The second kappa shape index (κ2) is 4.72. The quantitative estimate of drug-likeness (QED) is 0.795. The van der Waals surface area contributed by atoms with Crippen molar-refractivity contribution in [2.45, 2.75) is 18.4 Å². The lowest BCUT2D eigenvalue weighted by molar-refractivity contribution is 0.107. The Morgan fingerprint density at radius 2 is 2.38 bits per heavy atom. The molecular formula is C11H13ClN2O2. The van der Waals surface area contributed by atoms with E-state index in [1.54, 1.807) is 0 Å². The molecule has 0 aliphatic heterocycles. The molecule has 86 valence electrons. The Balaban J connectivity index is 1.89. The number of nitrogens with one attached hydrogen (secondary N) is 2. The third-order valence-electron chi connectivity index (χ3n) is 2.58. The molecule has 0 aromatic heterocycles. The molecule has 1 aliphatic carbocycles. The van der Waals surface area contributed by atoms with E-state index in [0.717, 1.165) is 17.0 Å². The van der Waals surface area contributed by atoms with Gasteiger partial charge < -0.3 is 5.32 Å². The van der Waals surface area contributed by atoms with Crippen molar-refractivity contribution in [2.24, 2.45) is 0 Å². The molecule has 16 heavy (non-hydrogen) atoms. The van der Waals surface area contributed by atoms with Crippen LogP contribution in [0.5, 0.6) is 0 Å². The zero-order valence-electron chi connectivity index (χ0n) is 8.87. The predicted molar refractivity (Wildman–Crippen MR) is 61.3 cm³/mol. The third-order valence-corrected chi connectivity index (χ3v) is 2.81. The summed E-state index contributed by atoms with van der Waals surface area (Å²) in [6, 6.07) is 7.58. The Kier molecular flexibility index (Phi) is 3.31. The molecule has 1 aromatic rings. The number of hydroxylamine groups is 1. The summed E-state index contributed by atoms with van der Waals surface area (Å²) >= 11 is 5.90. The molecule has 5 heteroatoms. The first-order valence-corrected chi connectivity index (χ1v) is 5.43. The first kappa shape index (κ1) is 11.2. The fraction of sp³-hybridized carbons (Fsp3) is 0.364. The van der Waals surface area contributed by atoms with Crippen LogP contribution in [0.15, 0.2) is 24.3 Å². The lowest BCUT2D eigenvalue weighted by Gasteiger charge is -2.05. The molecule has 0 spiro atoms. The molecule has 1 aromatic carbocycles. The van der Waals surface area contributed by atoms with Crippen molar-refractivity contribution in [2.75, 3.05) is 7.11 Å². The summed E-state index contributed by atoms with van der Waals surface area (Å²) in [7, 11) is 1.40. The van der Waals surface area contributed by atoms with Crippen LogP contribution in [0.4, 0.5) is 4.79 Å². The van der Waals surface area contributed by atoms with E-state index in [-0.39, 0.29) is 12.1 Å². The average Bonchev–Trinajstić information content (AvgIpc) is 2.97. The Morgan fingerprint density at radius 3 is 3.06 bits per heavy atom. The maximum absolute atomic E-state index is 11.2. The number of hydrogen-bond acceptors (Lipinski definition) is 2. The number of halogens is 1. The Morgan fingerprint density at radius 1 is 1.56 bits per heavy atom. The van der Waals surface area contributed by atoms with Gasteiger partial charge in [-0.05, 0) is 24.1 Å². The topological polar surface area (TPSA) is 50.4 Å². The van der Waals surface area contributed by atoms with Crippen LogP contribution in [0.3, 0.4) is 0 Å². The number of hydrogen-bond donors (Lipinski definition) is 2. The van der Waals surface area contributed by atoms with Crippen molar-refractivity contribution in [3.8, 4) is 0 Å². The van der Waals surface area contributed by atoms with Gasteiger partial charge in [0.2, 0.25) is 0 Å². The van der Waals surface area contributed by atoms with E-state index >= 15 is 0 Å². The summed E-state index contributed by atoms with van der Waals surface area (Å²) in [6.45, 7) is 0. The Hall–Kier alpha value is -1.26. The highest BCUT2D eigenvalue weighted by molar-refractivity contribution is 6.30. The number of rotatable bonds is 3. The van der Waals surface area contributed by atoms with Gasteiger partial charge in [0, 0.05) is 17.0 Å². The molecule has 2 atom stereocenters. The molecule has 1 saturated carbocycles. The minimum Gasteiger partial charge on any atom is -0.333 e. The fourth-order valence-corrected chi connectivity index (χ4v) is 1.95. The average molecular weight is 241 g/mol. The fourth-order valence-electron chi connectivity index (χ4n) is 1.75. The summed E-state index contributed by atoms with van der Waals surface area (Å²) in [5.41, 5.74) is 3.39. The van der Waals surface area contributed by atoms with E-state index in [2.05, 4.69) is 15.6 Å². The van der Waals surface area contributed by atoms with Gasteiger partial charge in [-0.25, -0.2) is 10.3 Å². The van der Waals surface area contributed by atoms with Crippen molar-refractivity contribution < 1.29 is 9.63 Å². The second-order valence-corrected chi connectivity index (χ2v) is 4.22. The first-order valence-electron chi connectivity index (χ1n) is 5.05. The van der Waals surface area contributed by atoms with Crippen LogP contribution in [-0.4, -0.2) is 19.2 Å². The maximum Gasteiger partial charge on any atom is 0.338 e. The summed E-state index contributed by atoms with van der Waals surface area (Å²) in [5.74, 6) is 0.362. The van der Waals surface area contributed by atoms with E-state index in [1.807, 2.05) is 24.3 Å². The molecule has 2 amide bonds. The van der Waals surface area contributed by atoms with Gasteiger partial charge in [0.1, 0.15) is 0 Å². The van der Waals surface area contributed by atoms with Gasteiger partial charge in [-0.3, -0.25) is 4.84 Å². The third kappa shape index (κ3) is 2.65. The SMILES string of the molecule is CONC(=O)N[C@H]1C[C@@H]1c1cccc(Cl)c1. The van der Waals surface area contributed by atoms with Gasteiger partial charge in [-0.2, -0.15) is 0 Å². The smallest absolute Gasteiger partial charge is 0.333 e. The predicted octanol–water partition coefficient (Wildman–Crippen LogP) is 2.06. The minimum absolute atomic E-state index is 0.175. The normalized spacial score (nSPS) is 22.6. The van der Waals surface area contributed by atoms with Gasteiger partial charge in [-0.1, -0.05) is 23.7 Å². The molecule has 4 nitrogen and oxygen atoms in total. The lowest BCUT2D eigenvalue weighted by Crippen LogP contribution is -2.36. The number of carbonyl (C=O) groups excluding carboxylic acids is 1. The van der Waals surface area contributed by atoms with Gasteiger partial charge >= 0.3 is 6.03 Å². The zero-order valence-corrected chi connectivity index (χ0v) is 9.62. The van der Waals surface area contributed by atoms with Crippen molar-refractivity contribution in [1.82, 2.24) is 10.8 Å². The minimum atomic E-state index is -0.308. The highest BCUT2D eigenvalue weighted by atomic mass is 35.5. The second-order valence-electron chi connectivity index (χ2n) is 3.78. The van der Waals surface area contributed by atoms with E-state index in [1.165, 1.54) is 7.11 Å². The van der Waals surface area contributed by atoms with Crippen LogP contribution in [-0.2, 0) is 4.84 Å². The van der Waals surface area contributed by atoms with E-state index in [4.69, 9.17) is 11.6 Å². The summed E-state index contributed by atoms with van der Waals surface area (Å²) in [4.78, 5) is 15.7. The zero-order chi connectivity index (χ0) is 11.5. The van der Waals surface area contributed by atoms with Gasteiger partial charge in [0.15, 0.2) is 0 Å². The summed E-state index contributed by atoms with van der Waals surface area (Å²) < 4.78 is 0. The lowest BCUT2D eigenvalue weighted by atomic mass is 10.1. The standard InChI is InChI=1S/C11H13ClN2O2/c1-16-14-11(15)13-10-6-9(10)7-3-2-4-8(12)5-7/h2-5,9-10H,6H2,1H3,(H2,13,14,15)/t9-,10+/m1/s1. The molecule has 0 saturated heterocycles. The van der Waals surface area contributed by atoms with E-state index in [0.29, 0.717) is 5.92 Å². The molecular weight excluding hydrogens is 228 g/mol. The van der Waals surface area contributed by atoms with Crippen molar-refractivity contribution in [1.29, 1.82) is 0 Å². The van der Waals surface area contributed by atoms with E-state index < -0.39 is 0 Å². The molecule has 0 unspecified atom stereocenters. The largest absolute Gasteiger partial charge is 0.338 e. The van der Waals surface area contributed by atoms with Crippen molar-refractivity contribution in [3.63, 3.8) is 0 Å². The summed E-state index contributed by atoms with van der Waals surface area (Å²) in [5, 5.41) is 3.53. The van der Waals surface area contributed by atoms with Crippen LogP contribution >= 0.6 is 11.6 Å². The molecule has 1 fully saturated rings. The van der Waals surface area contributed by atoms with E-state index in [9.17, 15) is 4.79 Å². The van der Waals surface area contributed by atoms with Gasteiger partial charge in [0.25, 0.3) is 0 Å². The van der Waals surface area contributed by atoms with Crippen LogP contribution in [0, 0.1) is 0 Å². The van der Waals surface area contributed by atoms with Gasteiger partial charge in [-0.15, -0.1) is 0 Å². The highest BCUT2D eigenvalue weighted by Gasteiger charge is 2.39. The number of carbonyl (C=O) groups is 1. The van der Waals surface area contributed by atoms with Crippen LogP contribution < -0.4 is 10.8 Å². The Bertz CT molecular complexity index is 397. The molecule has 0 heterocycles. The molecule has 0 bridgehead atoms. The van der Waals surface area contributed by atoms with Crippen molar-refractivity contribution in [3.05, 3.63) is 34.9 Å². The molecule has 1 aliphatic rings. The van der Waals surface area contributed by atoms with Crippen LogP contribution in [0.1, 0.15) is 17.9 Å². The van der Waals surface area contributed by atoms with Crippen molar-refractivity contribution >= 4 is 17.6 Å². The highest BCUT2D eigenvalue weighted by Crippen LogP contribution is 2.41. The molecule has 2 rings (SSSR count). The first-order chi connectivity index (χ1) is 7.70. The number of benzene rings is 1. The summed E-state index contributed by atoms with van der Waals surface area (Å²) in [6.07, 6.45) is 0.942. The number of urea groups is 1. The molecule has 2 N–H and O–H groups in total. The number of amides is 2. The van der Waals surface area contributed by atoms with Crippen LogP contribution in [0.2, 0.25) is 5.02 Å². The molecule has 0 radical (unpaired) electrons. The maximum atomic E-state index is 11.2. The monoisotopic (exact) mass is 240 g/mol. The van der Waals surface area contributed by atoms with Gasteiger partial charge in [0.05, 0.1) is 7.11 Å². The van der Waals surface area contributed by atoms with Crippen LogP contribution in [0.25, 0.3) is 0 Å². The Labute approximate surface area is 98.9 Å².